The van der Waals surface area contributed by atoms with Gasteiger partial charge in [-0.3, -0.25) is 4.98 Å². The summed E-state index contributed by atoms with van der Waals surface area (Å²) >= 11 is 0. The number of aryl methyl sites for hydroxylation is 1. The average Bonchev–Trinajstić information content (AvgIpc) is 2.40. The molecule has 0 aliphatic rings. The molecule has 0 atom stereocenters. The summed E-state index contributed by atoms with van der Waals surface area (Å²) in [6, 6.07) is 9.90. The van der Waals surface area contributed by atoms with E-state index in [1.54, 1.807) is 30.3 Å². The van der Waals surface area contributed by atoms with E-state index in [1.807, 2.05) is 6.92 Å². The Balaban J connectivity index is 2.19. The first-order valence-electron chi connectivity index (χ1n) is 5.79. The molecule has 5 nitrogen and oxygen atoms in total. The smallest absolute Gasteiger partial charge is 0.337 e. The van der Waals surface area contributed by atoms with Gasteiger partial charge in [0.05, 0.1) is 12.1 Å². The molecule has 5 heteroatoms. The van der Waals surface area contributed by atoms with Crippen molar-refractivity contribution in [2.45, 2.75) is 13.5 Å². The highest BCUT2D eigenvalue weighted by molar-refractivity contribution is 5.94. The third-order valence-corrected chi connectivity index (χ3v) is 2.69. The van der Waals surface area contributed by atoms with Gasteiger partial charge in [-0.1, -0.05) is 12.1 Å². The number of pyridine rings is 1. The van der Waals surface area contributed by atoms with Gasteiger partial charge in [0.15, 0.2) is 0 Å². The van der Waals surface area contributed by atoms with Crippen LogP contribution in [0.3, 0.4) is 0 Å². The van der Waals surface area contributed by atoms with Gasteiger partial charge in [-0.25, -0.2) is 4.79 Å². The zero-order valence-corrected chi connectivity index (χ0v) is 10.4. The van der Waals surface area contributed by atoms with Crippen LogP contribution in [0.5, 0.6) is 5.75 Å². The normalized spacial score (nSPS) is 10.2. The molecule has 0 unspecified atom stereocenters. The summed E-state index contributed by atoms with van der Waals surface area (Å²) < 4.78 is 0. The van der Waals surface area contributed by atoms with Crippen LogP contribution in [0.4, 0.5) is 5.69 Å². The second-order valence-electron chi connectivity index (χ2n) is 4.12. The molecule has 2 rings (SSSR count). The Morgan fingerprint density at radius 1 is 1.26 bits per heavy atom. The molecule has 1 heterocycles. The molecule has 19 heavy (non-hydrogen) atoms. The summed E-state index contributed by atoms with van der Waals surface area (Å²) in [5.74, 6) is -0.907. The number of carbonyl (C=O) groups is 1. The molecule has 1 aromatic heterocycles. The van der Waals surface area contributed by atoms with Crippen molar-refractivity contribution < 1.29 is 15.0 Å². The first-order valence-corrected chi connectivity index (χ1v) is 5.79. The maximum atomic E-state index is 11.0. The molecule has 1 aromatic carbocycles. The lowest BCUT2D eigenvalue weighted by atomic mass is 10.1. The molecule has 98 valence electrons. The zero-order valence-electron chi connectivity index (χ0n) is 10.4. The molecule has 2 aromatic rings. The summed E-state index contributed by atoms with van der Waals surface area (Å²) in [4.78, 5) is 15.3. The van der Waals surface area contributed by atoms with E-state index in [0.717, 1.165) is 5.69 Å². The molecule has 0 radical (unpaired) electrons. The Hall–Kier alpha value is -2.56. The van der Waals surface area contributed by atoms with Crippen molar-refractivity contribution in [3.8, 4) is 5.75 Å². The predicted molar refractivity (Wildman–Crippen MR) is 71.4 cm³/mol. The molecule has 0 amide bonds. The van der Waals surface area contributed by atoms with Gasteiger partial charge >= 0.3 is 5.97 Å². The first kappa shape index (κ1) is 12.9. The van der Waals surface area contributed by atoms with Crippen molar-refractivity contribution in [2.75, 3.05) is 5.32 Å². The van der Waals surface area contributed by atoms with Crippen molar-refractivity contribution >= 4 is 11.7 Å². The number of anilines is 1. The van der Waals surface area contributed by atoms with E-state index in [9.17, 15) is 9.90 Å². The van der Waals surface area contributed by atoms with Crippen LogP contribution < -0.4 is 5.32 Å². The predicted octanol–water partition coefficient (Wildman–Crippen LogP) is 2.41. The average molecular weight is 258 g/mol. The van der Waals surface area contributed by atoms with Crippen LogP contribution in [0.25, 0.3) is 0 Å². The minimum absolute atomic E-state index is 0.0888. The van der Waals surface area contributed by atoms with Gasteiger partial charge < -0.3 is 15.5 Å². The van der Waals surface area contributed by atoms with E-state index in [4.69, 9.17) is 5.11 Å². The van der Waals surface area contributed by atoms with Crippen LogP contribution in [-0.4, -0.2) is 21.2 Å². The second-order valence-corrected chi connectivity index (χ2v) is 4.12. The topological polar surface area (TPSA) is 82.5 Å². The molecule has 3 N–H and O–H groups in total. The summed E-state index contributed by atoms with van der Waals surface area (Å²) in [5, 5.41) is 21.7. The van der Waals surface area contributed by atoms with Gasteiger partial charge in [-0.2, -0.15) is 0 Å². The third-order valence-electron chi connectivity index (χ3n) is 2.69. The van der Waals surface area contributed by atoms with Gasteiger partial charge in [0.2, 0.25) is 0 Å². The van der Waals surface area contributed by atoms with Crippen LogP contribution in [0.1, 0.15) is 21.7 Å². The fourth-order valence-corrected chi connectivity index (χ4v) is 1.74. The van der Waals surface area contributed by atoms with Crippen molar-refractivity contribution in [3.05, 3.63) is 53.3 Å². The number of hydrogen-bond acceptors (Lipinski definition) is 4. The largest absolute Gasteiger partial charge is 0.506 e. The van der Waals surface area contributed by atoms with Gasteiger partial charge in [-0.05, 0) is 31.2 Å². The lowest BCUT2D eigenvalue weighted by Crippen LogP contribution is -2.07. The second kappa shape index (κ2) is 5.39. The van der Waals surface area contributed by atoms with E-state index in [-0.39, 0.29) is 17.9 Å². The quantitative estimate of drug-likeness (QED) is 0.784. The number of aromatic hydroxyl groups is 1. The van der Waals surface area contributed by atoms with Crippen LogP contribution in [-0.2, 0) is 6.54 Å². The number of para-hydroxylation sites is 1. The standard InChI is InChI=1S/C14H14N2O3/c1-9-6-7-13(17)12(16-9)8-15-11-5-3-2-4-10(11)14(18)19/h2-7,15,17H,8H2,1H3,(H,18,19). The molecular formula is C14H14N2O3. The monoisotopic (exact) mass is 258 g/mol. The third kappa shape index (κ3) is 3.01. The number of nitrogens with zero attached hydrogens (tertiary/aromatic N) is 1. The Morgan fingerprint density at radius 2 is 2.00 bits per heavy atom. The van der Waals surface area contributed by atoms with E-state index in [1.165, 1.54) is 6.07 Å². The van der Waals surface area contributed by atoms with Crippen molar-refractivity contribution in [3.63, 3.8) is 0 Å². The molecule has 0 aliphatic heterocycles. The molecule has 0 fully saturated rings. The van der Waals surface area contributed by atoms with E-state index >= 15 is 0 Å². The minimum Gasteiger partial charge on any atom is -0.506 e. The Labute approximate surface area is 110 Å². The van der Waals surface area contributed by atoms with Gasteiger partial charge in [0.25, 0.3) is 0 Å². The van der Waals surface area contributed by atoms with Crippen LogP contribution in [0.2, 0.25) is 0 Å². The first-order chi connectivity index (χ1) is 9.08. The molecule has 0 saturated heterocycles. The highest BCUT2D eigenvalue weighted by Crippen LogP contribution is 2.19. The van der Waals surface area contributed by atoms with Crippen LogP contribution in [0, 0.1) is 6.92 Å². The summed E-state index contributed by atoms with van der Waals surface area (Å²) in [6.45, 7) is 2.09. The lowest BCUT2D eigenvalue weighted by Gasteiger charge is -2.10. The Morgan fingerprint density at radius 3 is 2.74 bits per heavy atom. The van der Waals surface area contributed by atoms with Crippen LogP contribution >= 0.6 is 0 Å². The number of aromatic carboxylic acids is 1. The number of hydrogen-bond donors (Lipinski definition) is 3. The fourth-order valence-electron chi connectivity index (χ4n) is 1.74. The SMILES string of the molecule is Cc1ccc(O)c(CNc2ccccc2C(=O)O)n1. The zero-order chi connectivity index (χ0) is 13.8. The minimum atomic E-state index is -0.996. The maximum Gasteiger partial charge on any atom is 0.337 e. The Bertz CT molecular complexity index is 611. The summed E-state index contributed by atoms with van der Waals surface area (Å²) in [6.07, 6.45) is 0. The number of benzene rings is 1. The van der Waals surface area contributed by atoms with E-state index < -0.39 is 5.97 Å². The molecule has 0 bridgehead atoms. The van der Waals surface area contributed by atoms with Crippen molar-refractivity contribution in [1.82, 2.24) is 4.98 Å². The van der Waals surface area contributed by atoms with Crippen LogP contribution in [0.15, 0.2) is 36.4 Å². The number of carboxylic acid groups (broad SMARTS) is 1. The lowest BCUT2D eigenvalue weighted by molar-refractivity contribution is 0.0698. The maximum absolute atomic E-state index is 11.0. The number of carboxylic acids is 1. The fraction of sp³-hybridized carbons (Fsp3) is 0.143. The Kier molecular flexibility index (Phi) is 3.66. The molecule has 0 saturated carbocycles. The van der Waals surface area contributed by atoms with Gasteiger partial charge in [0, 0.05) is 11.4 Å². The van der Waals surface area contributed by atoms with Crippen molar-refractivity contribution in [2.24, 2.45) is 0 Å². The number of nitrogens with one attached hydrogen (secondary N) is 1. The highest BCUT2D eigenvalue weighted by atomic mass is 16.4. The molecular weight excluding hydrogens is 244 g/mol. The van der Waals surface area contributed by atoms with Crippen molar-refractivity contribution in [1.29, 1.82) is 0 Å². The summed E-state index contributed by atoms with van der Waals surface area (Å²) in [7, 11) is 0. The molecule has 0 spiro atoms. The van der Waals surface area contributed by atoms with E-state index in [2.05, 4.69) is 10.3 Å². The molecule has 0 aliphatic carbocycles. The number of rotatable bonds is 4. The van der Waals surface area contributed by atoms with E-state index in [0.29, 0.717) is 11.4 Å². The van der Waals surface area contributed by atoms with Gasteiger partial charge in [0.1, 0.15) is 11.4 Å². The van der Waals surface area contributed by atoms with Gasteiger partial charge in [-0.15, -0.1) is 0 Å². The number of aromatic nitrogens is 1. The highest BCUT2D eigenvalue weighted by Gasteiger charge is 2.09. The summed E-state index contributed by atoms with van der Waals surface area (Å²) in [5.41, 5.74) is 1.97.